The van der Waals surface area contributed by atoms with Gasteiger partial charge in [-0.15, -0.1) is 6.58 Å². The molecule has 0 aliphatic carbocycles. The molecule has 0 aliphatic heterocycles. The molecule has 3 N–H and O–H groups in total. The van der Waals surface area contributed by atoms with Gasteiger partial charge >= 0.3 is 12.0 Å². The normalized spacial score (nSPS) is 9.68. The number of urea groups is 1. The van der Waals surface area contributed by atoms with Gasteiger partial charge in [-0.25, -0.2) is 14.6 Å². The first-order chi connectivity index (χ1) is 9.15. The SMILES string of the molecule is C=CCSCCNC(=O)Nc1cccnc1C(=O)O. The number of nitrogens with one attached hydrogen (secondary N) is 2. The zero-order valence-electron chi connectivity index (χ0n) is 10.3. The number of aromatic nitrogens is 1. The number of aromatic carboxylic acids is 1. The van der Waals surface area contributed by atoms with E-state index in [1.54, 1.807) is 23.9 Å². The fourth-order valence-electron chi connectivity index (χ4n) is 1.25. The molecule has 19 heavy (non-hydrogen) atoms. The standard InChI is InChI=1S/C12H15N3O3S/c1-2-7-19-8-6-14-12(18)15-9-4-3-5-13-10(9)11(16)17/h2-5H,1,6-8H2,(H,16,17)(H2,14,15,18). The minimum Gasteiger partial charge on any atom is -0.476 e. The van der Waals surface area contributed by atoms with Crippen LogP contribution in [0.3, 0.4) is 0 Å². The Hall–Kier alpha value is -2.02. The molecular formula is C12H15N3O3S. The number of anilines is 1. The van der Waals surface area contributed by atoms with Crippen molar-refractivity contribution < 1.29 is 14.7 Å². The molecule has 1 heterocycles. The number of carbonyl (C=O) groups is 2. The van der Waals surface area contributed by atoms with Crippen molar-refractivity contribution in [1.29, 1.82) is 0 Å². The van der Waals surface area contributed by atoms with E-state index < -0.39 is 12.0 Å². The Morgan fingerprint density at radius 1 is 1.53 bits per heavy atom. The Balaban J connectivity index is 2.44. The summed E-state index contributed by atoms with van der Waals surface area (Å²) in [6.45, 7) is 4.09. The predicted octanol–water partition coefficient (Wildman–Crippen LogP) is 1.82. The molecular weight excluding hydrogens is 266 g/mol. The van der Waals surface area contributed by atoms with Gasteiger partial charge in [0.05, 0.1) is 5.69 Å². The zero-order valence-corrected chi connectivity index (χ0v) is 11.1. The van der Waals surface area contributed by atoms with Crippen LogP contribution in [0.5, 0.6) is 0 Å². The Bertz CT molecular complexity index is 465. The molecule has 0 aromatic carbocycles. The Morgan fingerprint density at radius 3 is 3.00 bits per heavy atom. The van der Waals surface area contributed by atoms with Crippen LogP contribution >= 0.6 is 11.8 Å². The summed E-state index contributed by atoms with van der Waals surface area (Å²) in [6, 6.07) is 2.60. The topological polar surface area (TPSA) is 91.3 Å². The van der Waals surface area contributed by atoms with Crippen molar-refractivity contribution in [2.24, 2.45) is 0 Å². The van der Waals surface area contributed by atoms with Gasteiger partial charge in [-0.2, -0.15) is 11.8 Å². The van der Waals surface area contributed by atoms with Crippen molar-refractivity contribution in [2.45, 2.75) is 0 Å². The average Bonchev–Trinajstić information content (AvgIpc) is 2.39. The van der Waals surface area contributed by atoms with Crippen molar-refractivity contribution in [3.05, 3.63) is 36.7 Å². The van der Waals surface area contributed by atoms with Crippen molar-refractivity contribution in [2.75, 3.05) is 23.4 Å². The third kappa shape index (κ3) is 5.43. The number of nitrogens with zero attached hydrogens (tertiary/aromatic N) is 1. The molecule has 102 valence electrons. The lowest BCUT2D eigenvalue weighted by Crippen LogP contribution is -2.31. The number of hydrogen-bond acceptors (Lipinski definition) is 4. The molecule has 0 aliphatic rings. The number of thioether (sulfide) groups is 1. The molecule has 7 heteroatoms. The molecule has 1 aromatic rings. The lowest BCUT2D eigenvalue weighted by molar-refractivity contribution is 0.0692. The monoisotopic (exact) mass is 281 g/mol. The van der Waals surface area contributed by atoms with Crippen molar-refractivity contribution in [3.63, 3.8) is 0 Å². The number of amides is 2. The van der Waals surface area contributed by atoms with E-state index in [0.29, 0.717) is 6.54 Å². The first-order valence-electron chi connectivity index (χ1n) is 5.57. The van der Waals surface area contributed by atoms with Crippen LogP contribution in [0.25, 0.3) is 0 Å². The lowest BCUT2D eigenvalue weighted by atomic mass is 10.3. The van der Waals surface area contributed by atoms with Crippen LogP contribution in [-0.2, 0) is 0 Å². The maximum absolute atomic E-state index is 11.5. The highest BCUT2D eigenvalue weighted by Crippen LogP contribution is 2.11. The third-order valence-electron chi connectivity index (χ3n) is 2.03. The Labute approximate surface area is 115 Å². The van der Waals surface area contributed by atoms with Crippen molar-refractivity contribution >= 4 is 29.4 Å². The minimum atomic E-state index is -1.18. The Kier molecular flexibility index (Phi) is 6.45. The van der Waals surface area contributed by atoms with Crippen LogP contribution in [0, 0.1) is 0 Å². The highest BCUT2D eigenvalue weighted by atomic mass is 32.2. The number of rotatable bonds is 7. The third-order valence-corrected chi connectivity index (χ3v) is 2.99. The van der Waals surface area contributed by atoms with E-state index in [1.165, 1.54) is 12.3 Å². The van der Waals surface area contributed by atoms with E-state index in [1.807, 2.05) is 0 Å². The largest absolute Gasteiger partial charge is 0.476 e. The van der Waals surface area contributed by atoms with E-state index in [-0.39, 0.29) is 11.4 Å². The van der Waals surface area contributed by atoms with E-state index in [9.17, 15) is 9.59 Å². The lowest BCUT2D eigenvalue weighted by Gasteiger charge is -2.08. The van der Waals surface area contributed by atoms with E-state index >= 15 is 0 Å². The van der Waals surface area contributed by atoms with E-state index in [2.05, 4.69) is 22.2 Å². The molecule has 0 unspecified atom stereocenters. The summed E-state index contributed by atoms with van der Waals surface area (Å²) < 4.78 is 0. The molecule has 6 nitrogen and oxygen atoms in total. The van der Waals surface area contributed by atoms with Gasteiger partial charge < -0.3 is 15.7 Å². The predicted molar refractivity (Wildman–Crippen MR) is 75.7 cm³/mol. The van der Waals surface area contributed by atoms with Crippen molar-refractivity contribution in [1.82, 2.24) is 10.3 Å². The number of hydrogen-bond donors (Lipinski definition) is 3. The number of pyridine rings is 1. The zero-order chi connectivity index (χ0) is 14.1. The molecule has 0 radical (unpaired) electrons. The summed E-state index contributed by atoms with van der Waals surface area (Å²) in [5.74, 6) is 0.408. The quantitative estimate of drug-likeness (QED) is 0.524. The van der Waals surface area contributed by atoms with Gasteiger partial charge in [-0.3, -0.25) is 0 Å². The highest BCUT2D eigenvalue weighted by molar-refractivity contribution is 7.99. The van der Waals surface area contributed by atoms with Crippen LogP contribution in [0.2, 0.25) is 0 Å². The van der Waals surface area contributed by atoms with Crippen LogP contribution < -0.4 is 10.6 Å². The molecule has 0 fully saturated rings. The fraction of sp³-hybridized carbons (Fsp3) is 0.250. The minimum absolute atomic E-state index is 0.172. The second-order valence-electron chi connectivity index (χ2n) is 3.45. The van der Waals surface area contributed by atoms with Crippen LogP contribution in [0.15, 0.2) is 31.0 Å². The molecule has 0 bridgehead atoms. The molecule has 0 spiro atoms. The van der Waals surface area contributed by atoms with Gasteiger partial charge in [-0.05, 0) is 12.1 Å². The second-order valence-corrected chi connectivity index (χ2v) is 4.60. The molecule has 1 rings (SSSR count). The van der Waals surface area contributed by atoms with Crippen LogP contribution in [0.1, 0.15) is 10.5 Å². The van der Waals surface area contributed by atoms with E-state index in [0.717, 1.165) is 11.5 Å². The summed E-state index contributed by atoms with van der Waals surface area (Å²) in [5, 5.41) is 14.0. The van der Waals surface area contributed by atoms with Gasteiger partial charge in [0.15, 0.2) is 5.69 Å². The molecule has 0 atom stereocenters. The molecule has 0 saturated carbocycles. The highest BCUT2D eigenvalue weighted by Gasteiger charge is 2.12. The molecule has 2 amide bonds. The smallest absolute Gasteiger partial charge is 0.356 e. The first kappa shape index (κ1) is 15.0. The summed E-state index contributed by atoms with van der Waals surface area (Å²) in [6.07, 6.45) is 3.15. The number of carbonyl (C=O) groups excluding carboxylic acids is 1. The maximum atomic E-state index is 11.5. The second kappa shape index (κ2) is 8.15. The van der Waals surface area contributed by atoms with Crippen LogP contribution in [0.4, 0.5) is 10.5 Å². The van der Waals surface area contributed by atoms with Gasteiger partial charge in [0.1, 0.15) is 0 Å². The van der Waals surface area contributed by atoms with Gasteiger partial charge in [0.25, 0.3) is 0 Å². The molecule has 0 saturated heterocycles. The van der Waals surface area contributed by atoms with Crippen molar-refractivity contribution in [3.8, 4) is 0 Å². The summed E-state index contributed by atoms with van der Waals surface area (Å²) in [7, 11) is 0. The van der Waals surface area contributed by atoms with Gasteiger partial charge in [-0.1, -0.05) is 6.08 Å². The number of carboxylic acids is 1. The maximum Gasteiger partial charge on any atom is 0.356 e. The van der Waals surface area contributed by atoms with Gasteiger partial charge in [0, 0.05) is 24.2 Å². The summed E-state index contributed by atoms with van der Waals surface area (Å²) in [4.78, 5) is 26.1. The van der Waals surface area contributed by atoms with Gasteiger partial charge in [0.2, 0.25) is 0 Å². The van der Waals surface area contributed by atoms with Crippen LogP contribution in [-0.4, -0.2) is 40.1 Å². The summed E-state index contributed by atoms with van der Waals surface area (Å²) >= 11 is 1.64. The Morgan fingerprint density at radius 2 is 2.32 bits per heavy atom. The summed E-state index contributed by atoms with van der Waals surface area (Å²) in [5.41, 5.74) is -0.00933. The fourth-order valence-corrected chi connectivity index (χ4v) is 1.83. The number of carboxylic acid groups (broad SMARTS) is 1. The first-order valence-corrected chi connectivity index (χ1v) is 6.72. The molecule has 1 aromatic heterocycles. The average molecular weight is 281 g/mol. The van der Waals surface area contributed by atoms with E-state index in [4.69, 9.17) is 5.11 Å².